The van der Waals surface area contributed by atoms with Gasteiger partial charge in [-0.25, -0.2) is 0 Å². The van der Waals surface area contributed by atoms with Crippen LogP contribution in [0, 0.1) is 6.07 Å². The van der Waals surface area contributed by atoms with E-state index < -0.39 is 60.3 Å². The fourth-order valence-corrected chi connectivity index (χ4v) is 5.41. The lowest BCUT2D eigenvalue weighted by atomic mass is 9.94. The summed E-state index contributed by atoms with van der Waals surface area (Å²) in [5, 5.41) is 0. The highest BCUT2D eigenvalue weighted by Crippen LogP contribution is 2.40. The number of alkyl halides is 12. The van der Waals surface area contributed by atoms with E-state index >= 15 is 0 Å². The molecule has 0 heterocycles. The Morgan fingerprint density at radius 1 is 0.536 bits per heavy atom. The summed E-state index contributed by atoms with van der Waals surface area (Å²) in [5.41, 5.74) is -3.28. The van der Waals surface area contributed by atoms with E-state index in [-0.39, 0.29) is 27.3 Å². The SMILES string of the molecule is CCCCCCCC(c1cc(C(F)(F)F)ccc1OB(Oc1ccc(C(F)(F)F)cc1)Oc1ccc(C(F)(F)F)cc1)[N+](C)(C)C.FC(F)(F)c1cc[c-]cc1. The van der Waals surface area contributed by atoms with Crippen LogP contribution in [0.25, 0.3) is 0 Å². The predicted molar refractivity (Wildman–Crippen MR) is 186 cm³/mol. The molecule has 0 saturated heterocycles. The molecule has 4 aromatic carbocycles. The molecule has 0 fully saturated rings. The minimum atomic E-state index is -4.67. The zero-order chi connectivity index (χ0) is 42.0. The summed E-state index contributed by atoms with van der Waals surface area (Å²) in [7, 11) is 3.67. The summed E-state index contributed by atoms with van der Waals surface area (Å²) in [6.07, 6.45) is -13.0. The maximum atomic E-state index is 13.9. The highest BCUT2D eigenvalue weighted by molar-refractivity contribution is 6.39. The molecule has 0 aliphatic carbocycles. The van der Waals surface area contributed by atoms with Crippen molar-refractivity contribution in [2.45, 2.75) is 76.2 Å². The van der Waals surface area contributed by atoms with Gasteiger partial charge in [0.15, 0.2) is 0 Å². The standard InChI is InChI=1S/C32H36BF9NO3.C7H4F3/c1-5-6-7-8-9-10-28(43(2,3)4)27-21-24(32(40,41)42)15-20-29(27)46-33(44-25-16-11-22(12-17-25)30(34,35)36)45-26-18-13-23(14-19-26)31(37,38)39;8-7(9,10)6-4-2-1-3-5-6/h11-21,28H,5-10H2,1-4H3;2-5H/q+1;-1. The summed E-state index contributed by atoms with van der Waals surface area (Å²) < 4.78 is 173. The number of hydrogen-bond acceptors (Lipinski definition) is 3. The van der Waals surface area contributed by atoms with E-state index in [0.717, 1.165) is 111 Å². The molecule has 0 bridgehead atoms. The summed E-state index contributed by atoms with van der Waals surface area (Å²) in [5.74, 6) is -0.363. The molecule has 4 nitrogen and oxygen atoms in total. The van der Waals surface area contributed by atoms with Crippen molar-refractivity contribution in [1.82, 2.24) is 0 Å². The third-order valence-electron chi connectivity index (χ3n) is 8.31. The molecule has 0 radical (unpaired) electrons. The second kappa shape index (κ2) is 19.1. The molecule has 4 rings (SSSR count). The molecular formula is C39H40BF12NO3. The zero-order valence-corrected chi connectivity index (χ0v) is 30.8. The Kier molecular flexibility index (Phi) is 15.6. The van der Waals surface area contributed by atoms with Crippen molar-refractivity contribution in [1.29, 1.82) is 0 Å². The molecule has 0 spiro atoms. The van der Waals surface area contributed by atoms with Gasteiger partial charge >= 0.3 is 32.0 Å². The van der Waals surface area contributed by atoms with Crippen LogP contribution in [0.1, 0.15) is 79.3 Å². The Balaban J connectivity index is 0.000000728. The molecule has 4 aromatic rings. The van der Waals surface area contributed by atoms with Gasteiger partial charge in [0.05, 0.1) is 43.4 Å². The van der Waals surface area contributed by atoms with Crippen LogP contribution in [0.2, 0.25) is 0 Å². The number of nitrogens with zero attached hydrogens (tertiary/aromatic N) is 1. The largest absolute Gasteiger partial charge is 0.864 e. The molecule has 0 aromatic heterocycles. The fourth-order valence-electron chi connectivity index (χ4n) is 5.41. The van der Waals surface area contributed by atoms with Crippen LogP contribution in [0.15, 0.2) is 91.0 Å². The fraction of sp³-hybridized carbons (Fsp3) is 0.385. The smallest absolute Gasteiger partial charge is 0.490 e. The number of halogens is 12. The molecule has 0 amide bonds. The van der Waals surface area contributed by atoms with E-state index in [1.807, 2.05) is 21.1 Å². The normalized spacial score (nSPS) is 13.0. The lowest BCUT2D eigenvalue weighted by molar-refractivity contribution is -0.902. The molecule has 1 atom stereocenters. The van der Waals surface area contributed by atoms with Gasteiger partial charge in [-0.2, -0.15) is 83.0 Å². The third kappa shape index (κ3) is 14.5. The van der Waals surface area contributed by atoms with Gasteiger partial charge < -0.3 is 18.4 Å². The molecule has 306 valence electrons. The summed E-state index contributed by atoms with van der Waals surface area (Å²) in [4.78, 5) is 0. The molecule has 56 heavy (non-hydrogen) atoms. The first-order chi connectivity index (χ1) is 25.9. The molecular weight excluding hydrogens is 769 g/mol. The minimum Gasteiger partial charge on any atom is -0.490 e. The minimum absolute atomic E-state index is 0.0524. The zero-order valence-electron chi connectivity index (χ0n) is 30.8. The van der Waals surface area contributed by atoms with Gasteiger partial charge in [0.1, 0.15) is 23.3 Å². The van der Waals surface area contributed by atoms with Crippen molar-refractivity contribution in [2.24, 2.45) is 0 Å². The van der Waals surface area contributed by atoms with Crippen molar-refractivity contribution in [3.05, 3.63) is 125 Å². The first kappa shape index (κ1) is 45.9. The number of quaternary nitrogens is 1. The number of hydrogen-bond donors (Lipinski definition) is 0. The van der Waals surface area contributed by atoms with Crippen LogP contribution in [-0.4, -0.2) is 32.9 Å². The lowest BCUT2D eigenvalue weighted by Gasteiger charge is -2.36. The molecule has 1 unspecified atom stereocenters. The van der Waals surface area contributed by atoms with Crippen LogP contribution >= 0.6 is 0 Å². The van der Waals surface area contributed by atoms with E-state index in [9.17, 15) is 52.7 Å². The van der Waals surface area contributed by atoms with Crippen LogP contribution in [-0.2, 0) is 24.7 Å². The van der Waals surface area contributed by atoms with Gasteiger partial charge in [-0.3, -0.25) is 0 Å². The average molecular weight is 810 g/mol. The Morgan fingerprint density at radius 2 is 0.946 bits per heavy atom. The van der Waals surface area contributed by atoms with Gasteiger partial charge in [-0.15, -0.1) is 0 Å². The summed E-state index contributed by atoms with van der Waals surface area (Å²) in [6.45, 7) is 2.07. The first-order valence-corrected chi connectivity index (χ1v) is 17.3. The Bertz CT molecular complexity index is 1710. The Hall–Kier alpha value is -4.54. The van der Waals surface area contributed by atoms with Crippen molar-refractivity contribution in [2.75, 3.05) is 21.1 Å². The Morgan fingerprint density at radius 3 is 1.34 bits per heavy atom. The average Bonchev–Trinajstić information content (AvgIpc) is 3.09. The topological polar surface area (TPSA) is 27.7 Å². The summed E-state index contributed by atoms with van der Waals surface area (Å²) in [6, 6.07) is 16.4. The monoisotopic (exact) mass is 809 g/mol. The van der Waals surface area contributed by atoms with E-state index in [4.69, 9.17) is 14.0 Å². The predicted octanol–water partition coefficient (Wildman–Crippen LogP) is 12.9. The van der Waals surface area contributed by atoms with Crippen molar-refractivity contribution < 1.29 is 71.1 Å². The maximum Gasteiger partial charge on any atom is 0.864 e. The van der Waals surface area contributed by atoms with E-state index in [0.29, 0.717) is 6.42 Å². The maximum absolute atomic E-state index is 13.9. The molecule has 0 aliphatic rings. The van der Waals surface area contributed by atoms with Crippen molar-refractivity contribution in [3.63, 3.8) is 0 Å². The molecule has 17 heteroatoms. The number of unbranched alkanes of at least 4 members (excludes halogenated alkanes) is 4. The molecule has 0 N–H and O–H groups in total. The second-order valence-electron chi connectivity index (χ2n) is 13.6. The van der Waals surface area contributed by atoms with Crippen molar-refractivity contribution >= 4 is 7.32 Å². The van der Waals surface area contributed by atoms with Crippen molar-refractivity contribution in [3.8, 4) is 17.2 Å². The van der Waals surface area contributed by atoms with Crippen LogP contribution in [0.3, 0.4) is 0 Å². The summed E-state index contributed by atoms with van der Waals surface area (Å²) >= 11 is 0. The number of benzene rings is 4. The highest BCUT2D eigenvalue weighted by atomic mass is 19.4. The molecule has 0 aliphatic heterocycles. The van der Waals surface area contributed by atoms with Crippen LogP contribution < -0.4 is 14.0 Å². The third-order valence-corrected chi connectivity index (χ3v) is 8.31. The van der Waals surface area contributed by atoms with Gasteiger partial charge in [-0.05, 0) is 73.2 Å². The van der Waals surface area contributed by atoms with E-state index in [2.05, 4.69) is 13.0 Å². The lowest BCUT2D eigenvalue weighted by Crippen LogP contribution is -2.41. The first-order valence-electron chi connectivity index (χ1n) is 17.3. The quantitative estimate of drug-likeness (QED) is 0.0417. The molecule has 0 saturated carbocycles. The van der Waals surface area contributed by atoms with E-state index in [1.54, 1.807) is 0 Å². The number of rotatable bonds is 14. The van der Waals surface area contributed by atoms with E-state index in [1.165, 1.54) is 12.1 Å². The van der Waals surface area contributed by atoms with Crippen LogP contribution in [0.4, 0.5) is 52.7 Å². The van der Waals surface area contributed by atoms with Crippen LogP contribution in [0.5, 0.6) is 17.2 Å². The van der Waals surface area contributed by atoms with Gasteiger partial charge in [0.2, 0.25) is 0 Å². The van der Waals surface area contributed by atoms with Gasteiger partial charge in [-0.1, -0.05) is 38.2 Å². The Labute approximate surface area is 317 Å². The van der Waals surface area contributed by atoms with Gasteiger partial charge in [0.25, 0.3) is 0 Å². The second-order valence-corrected chi connectivity index (χ2v) is 13.6. The van der Waals surface area contributed by atoms with Gasteiger partial charge in [0, 0.05) is 6.42 Å². The highest BCUT2D eigenvalue weighted by Gasteiger charge is 2.39.